The second-order valence-electron chi connectivity index (χ2n) is 8.10. The van der Waals surface area contributed by atoms with Gasteiger partial charge in [-0.2, -0.15) is 4.31 Å². The first-order chi connectivity index (χ1) is 16.8. The number of hydrogen-bond donors (Lipinski definition) is 0. The molecule has 0 aliphatic rings. The largest absolute Gasteiger partial charge is 0.460 e. The molecule has 0 saturated heterocycles. The maximum atomic E-state index is 13.8. The summed E-state index contributed by atoms with van der Waals surface area (Å²) in [6, 6.07) is 21.6. The lowest BCUT2D eigenvalue weighted by Crippen LogP contribution is -2.32. The van der Waals surface area contributed by atoms with Crippen molar-refractivity contribution in [3.05, 3.63) is 100 Å². The molecule has 0 N–H and O–H groups in total. The number of esters is 1. The van der Waals surface area contributed by atoms with Crippen molar-refractivity contribution in [2.75, 3.05) is 13.2 Å². The van der Waals surface area contributed by atoms with Crippen LogP contribution < -0.4 is 0 Å². The van der Waals surface area contributed by atoms with E-state index in [0.29, 0.717) is 28.0 Å². The molecule has 1 heterocycles. The van der Waals surface area contributed by atoms with E-state index in [1.54, 1.807) is 32.0 Å². The van der Waals surface area contributed by atoms with Gasteiger partial charge in [0.15, 0.2) is 0 Å². The second kappa shape index (κ2) is 10.6. The average Bonchev–Trinajstić information content (AvgIpc) is 3.19. The van der Waals surface area contributed by atoms with Gasteiger partial charge in [-0.3, -0.25) is 0 Å². The molecule has 35 heavy (non-hydrogen) atoms. The van der Waals surface area contributed by atoms with Crippen molar-refractivity contribution in [2.45, 2.75) is 31.7 Å². The zero-order valence-corrected chi connectivity index (χ0v) is 21.1. The van der Waals surface area contributed by atoms with Crippen molar-refractivity contribution >= 4 is 38.6 Å². The van der Waals surface area contributed by atoms with E-state index < -0.39 is 16.0 Å². The zero-order chi connectivity index (χ0) is 25.0. The van der Waals surface area contributed by atoms with E-state index in [-0.39, 0.29) is 30.4 Å². The van der Waals surface area contributed by atoms with E-state index in [9.17, 15) is 13.2 Å². The SMILES string of the molecule is CCOC(=O)c1oc2ccc(S(=O)(=O)N(CCc3ccccc3)Cc3ccccc3Cl)cc2c1C. The predicted molar refractivity (Wildman–Crippen MR) is 136 cm³/mol. The summed E-state index contributed by atoms with van der Waals surface area (Å²) in [7, 11) is -3.90. The highest BCUT2D eigenvalue weighted by atomic mass is 35.5. The Morgan fingerprint density at radius 3 is 2.46 bits per heavy atom. The lowest BCUT2D eigenvalue weighted by molar-refractivity contribution is 0.0491. The Labute approximate surface area is 210 Å². The van der Waals surface area contributed by atoms with Crippen molar-refractivity contribution in [1.29, 1.82) is 0 Å². The highest BCUT2D eigenvalue weighted by Gasteiger charge is 2.27. The number of fused-ring (bicyclic) bond motifs is 1. The molecule has 0 atom stereocenters. The third-order valence-electron chi connectivity index (χ3n) is 5.80. The van der Waals surface area contributed by atoms with Crippen LogP contribution >= 0.6 is 11.6 Å². The Bertz CT molecular complexity index is 1450. The van der Waals surface area contributed by atoms with E-state index >= 15 is 0 Å². The van der Waals surface area contributed by atoms with Crippen molar-refractivity contribution in [3.63, 3.8) is 0 Å². The summed E-state index contributed by atoms with van der Waals surface area (Å²) in [6.07, 6.45) is 0.546. The maximum Gasteiger partial charge on any atom is 0.374 e. The van der Waals surface area contributed by atoms with E-state index in [1.807, 2.05) is 48.5 Å². The smallest absolute Gasteiger partial charge is 0.374 e. The number of sulfonamides is 1. The lowest BCUT2D eigenvalue weighted by Gasteiger charge is -2.23. The van der Waals surface area contributed by atoms with Gasteiger partial charge in [-0.1, -0.05) is 60.1 Å². The molecule has 8 heteroatoms. The van der Waals surface area contributed by atoms with E-state index in [1.165, 1.54) is 10.4 Å². The van der Waals surface area contributed by atoms with Crippen molar-refractivity contribution in [2.24, 2.45) is 0 Å². The summed E-state index contributed by atoms with van der Waals surface area (Å²) in [5, 5.41) is 1.06. The van der Waals surface area contributed by atoms with Crippen LogP contribution in [0.4, 0.5) is 0 Å². The summed E-state index contributed by atoms with van der Waals surface area (Å²) in [4.78, 5) is 12.3. The molecular formula is C27H26ClNO5S. The first-order valence-electron chi connectivity index (χ1n) is 11.3. The average molecular weight is 512 g/mol. The van der Waals surface area contributed by atoms with Gasteiger partial charge in [-0.25, -0.2) is 13.2 Å². The third kappa shape index (κ3) is 5.42. The van der Waals surface area contributed by atoms with Crippen LogP contribution in [-0.4, -0.2) is 31.8 Å². The molecule has 0 aliphatic carbocycles. The molecule has 0 bridgehead atoms. The number of ether oxygens (including phenoxy) is 1. The fraction of sp³-hybridized carbons (Fsp3) is 0.222. The minimum Gasteiger partial charge on any atom is -0.460 e. The molecule has 0 amide bonds. The van der Waals surface area contributed by atoms with Crippen LogP contribution in [-0.2, 0) is 27.7 Å². The van der Waals surface area contributed by atoms with Crippen molar-refractivity contribution < 1.29 is 22.4 Å². The van der Waals surface area contributed by atoms with Crippen LogP contribution in [0.1, 0.15) is 34.2 Å². The molecule has 3 aromatic carbocycles. The first-order valence-corrected chi connectivity index (χ1v) is 13.1. The Morgan fingerprint density at radius 1 is 1.03 bits per heavy atom. The predicted octanol–water partition coefficient (Wildman–Crippen LogP) is 6.00. The van der Waals surface area contributed by atoms with Gasteiger partial charge in [0, 0.05) is 29.1 Å². The summed E-state index contributed by atoms with van der Waals surface area (Å²) in [6.45, 7) is 4.04. The first kappa shape index (κ1) is 25.0. The Kier molecular flexibility index (Phi) is 7.60. The number of aryl methyl sites for hydroxylation is 1. The molecule has 0 spiro atoms. The molecule has 0 fully saturated rings. The number of furan rings is 1. The van der Waals surface area contributed by atoms with Gasteiger partial charge in [-0.15, -0.1) is 0 Å². The van der Waals surface area contributed by atoms with Crippen LogP contribution in [0.25, 0.3) is 11.0 Å². The van der Waals surface area contributed by atoms with Crippen LogP contribution in [0, 0.1) is 6.92 Å². The quantitative estimate of drug-likeness (QED) is 0.257. The normalized spacial score (nSPS) is 11.8. The molecule has 0 unspecified atom stereocenters. The maximum absolute atomic E-state index is 13.8. The van der Waals surface area contributed by atoms with E-state index in [0.717, 1.165) is 11.1 Å². The van der Waals surface area contributed by atoms with Crippen molar-refractivity contribution in [1.82, 2.24) is 4.31 Å². The van der Waals surface area contributed by atoms with Crippen LogP contribution in [0.3, 0.4) is 0 Å². The molecule has 0 radical (unpaired) electrons. The number of nitrogens with zero attached hydrogens (tertiary/aromatic N) is 1. The molecule has 0 saturated carbocycles. The van der Waals surface area contributed by atoms with Gasteiger partial charge in [0.1, 0.15) is 5.58 Å². The summed E-state index contributed by atoms with van der Waals surface area (Å²) < 4.78 is 39.8. The fourth-order valence-electron chi connectivity index (χ4n) is 3.90. The Hall–Kier alpha value is -3.13. The standard InChI is InChI=1S/C27H26ClNO5S/c1-3-33-27(30)26-19(2)23-17-22(13-14-25(23)34-26)35(31,32)29(16-15-20-9-5-4-6-10-20)18-21-11-7-8-12-24(21)28/h4-14,17H,3,15-16,18H2,1-2H3. The molecule has 6 nitrogen and oxygen atoms in total. The van der Waals surface area contributed by atoms with E-state index in [4.69, 9.17) is 20.8 Å². The molecule has 182 valence electrons. The number of benzene rings is 3. The third-order valence-corrected chi connectivity index (χ3v) is 8.01. The molecule has 0 aliphatic heterocycles. The molecular weight excluding hydrogens is 486 g/mol. The summed E-state index contributed by atoms with van der Waals surface area (Å²) in [5.41, 5.74) is 2.71. The Balaban J connectivity index is 1.71. The fourth-order valence-corrected chi connectivity index (χ4v) is 5.54. The molecule has 4 rings (SSSR count). The topological polar surface area (TPSA) is 76.8 Å². The van der Waals surface area contributed by atoms with Crippen LogP contribution in [0.5, 0.6) is 0 Å². The van der Waals surface area contributed by atoms with Crippen LogP contribution in [0.15, 0.2) is 82.1 Å². The molecule has 1 aromatic heterocycles. The van der Waals surface area contributed by atoms with Crippen LogP contribution in [0.2, 0.25) is 5.02 Å². The minimum absolute atomic E-state index is 0.0772. The van der Waals surface area contributed by atoms with Gasteiger partial charge < -0.3 is 9.15 Å². The van der Waals surface area contributed by atoms with Gasteiger partial charge in [0.25, 0.3) is 0 Å². The summed E-state index contributed by atoms with van der Waals surface area (Å²) in [5.74, 6) is -0.498. The van der Waals surface area contributed by atoms with E-state index in [2.05, 4.69) is 0 Å². The number of hydrogen-bond acceptors (Lipinski definition) is 5. The Morgan fingerprint density at radius 2 is 1.74 bits per heavy atom. The number of rotatable bonds is 9. The van der Waals surface area contributed by atoms with Gasteiger partial charge in [0.2, 0.25) is 15.8 Å². The lowest BCUT2D eigenvalue weighted by atomic mass is 10.1. The number of carbonyl (C=O) groups is 1. The van der Waals surface area contributed by atoms with Gasteiger partial charge in [-0.05, 0) is 55.7 Å². The van der Waals surface area contributed by atoms with Gasteiger partial charge in [0.05, 0.1) is 11.5 Å². The highest BCUT2D eigenvalue weighted by molar-refractivity contribution is 7.89. The minimum atomic E-state index is -3.90. The summed E-state index contributed by atoms with van der Waals surface area (Å²) >= 11 is 6.36. The molecule has 4 aromatic rings. The number of halogens is 1. The monoisotopic (exact) mass is 511 g/mol. The second-order valence-corrected chi connectivity index (χ2v) is 10.4. The van der Waals surface area contributed by atoms with Crippen molar-refractivity contribution in [3.8, 4) is 0 Å². The van der Waals surface area contributed by atoms with Gasteiger partial charge >= 0.3 is 5.97 Å². The number of carbonyl (C=O) groups excluding carboxylic acids is 1. The highest BCUT2D eigenvalue weighted by Crippen LogP contribution is 2.30. The zero-order valence-electron chi connectivity index (χ0n) is 19.5.